The van der Waals surface area contributed by atoms with E-state index in [0.29, 0.717) is 0 Å². The fourth-order valence-corrected chi connectivity index (χ4v) is 3.24. The van der Waals surface area contributed by atoms with Gasteiger partial charge in [-0.1, -0.05) is 29.4 Å². The van der Waals surface area contributed by atoms with Gasteiger partial charge in [0.1, 0.15) is 6.33 Å². The maximum atomic E-state index is 6.08. The normalized spacial score (nSPS) is 11.8. The highest BCUT2D eigenvalue weighted by Gasteiger charge is 2.12. The molecule has 1 N–H and O–H groups in total. The van der Waals surface area contributed by atoms with Crippen molar-refractivity contribution in [1.82, 2.24) is 14.7 Å². The summed E-state index contributed by atoms with van der Waals surface area (Å²) in [5.41, 5.74) is 1.31. The zero-order valence-electron chi connectivity index (χ0n) is 11.1. The smallest absolute Gasteiger partial charge is 0.174 e. The van der Waals surface area contributed by atoms with Crippen LogP contribution < -0.4 is 5.32 Å². The molecule has 0 aliphatic carbocycles. The lowest BCUT2D eigenvalue weighted by molar-refractivity contribution is 0.422. The highest BCUT2D eigenvalue weighted by molar-refractivity contribution is 8.01. The van der Waals surface area contributed by atoms with E-state index in [0.717, 1.165) is 20.8 Å². The molecule has 19 heavy (non-hydrogen) atoms. The van der Waals surface area contributed by atoms with Crippen LogP contribution in [0.1, 0.15) is 26.3 Å². The number of nitrogens with one attached hydrogen (secondary N) is 1. The molecule has 102 valence electrons. The quantitative estimate of drug-likeness (QED) is 0.916. The molecule has 0 spiro atoms. The molecule has 3 nitrogen and oxygen atoms in total. The zero-order valence-corrected chi connectivity index (χ0v) is 13.5. The molecule has 6 heteroatoms. The van der Waals surface area contributed by atoms with E-state index in [2.05, 4.69) is 41.5 Å². The number of hydrogen-bond donors (Lipinski definition) is 1. The minimum atomic E-state index is 0.0876. The molecule has 0 aliphatic rings. The third-order valence-corrected chi connectivity index (χ3v) is 4.43. The molecule has 0 atom stereocenters. The van der Waals surface area contributed by atoms with Crippen molar-refractivity contribution in [3.05, 3.63) is 35.1 Å². The van der Waals surface area contributed by atoms with Gasteiger partial charge in [-0.25, -0.2) is 4.98 Å². The number of nitrogens with zero attached hydrogens (tertiary/aromatic N) is 2. The summed E-state index contributed by atoms with van der Waals surface area (Å²) in [6.07, 6.45) is 1.57. The Hall–Kier alpha value is -0.620. The predicted octanol–water partition coefficient (Wildman–Crippen LogP) is 4.23. The molecule has 1 aromatic carbocycles. The molecule has 2 aromatic rings. The second-order valence-electron chi connectivity index (χ2n) is 5.16. The van der Waals surface area contributed by atoms with Gasteiger partial charge >= 0.3 is 0 Å². The number of halogens is 1. The van der Waals surface area contributed by atoms with Crippen LogP contribution in [0.5, 0.6) is 0 Å². The molecule has 0 radical (unpaired) electrons. The molecule has 0 fully saturated rings. The Balaban J connectivity index is 2.18. The molecule has 1 aromatic heterocycles. The first-order valence-corrected chi connectivity index (χ1v) is 7.89. The minimum absolute atomic E-state index is 0.0876. The van der Waals surface area contributed by atoms with Crippen LogP contribution >= 0.6 is 34.9 Å². The van der Waals surface area contributed by atoms with Crippen molar-refractivity contribution in [2.24, 2.45) is 0 Å². The molecule has 0 amide bonds. The van der Waals surface area contributed by atoms with Gasteiger partial charge in [0.15, 0.2) is 4.34 Å². The van der Waals surface area contributed by atoms with Gasteiger partial charge in [0, 0.05) is 22.0 Å². The number of rotatable bonds is 4. The van der Waals surface area contributed by atoms with Crippen molar-refractivity contribution in [3.63, 3.8) is 0 Å². The van der Waals surface area contributed by atoms with Crippen LogP contribution in [-0.2, 0) is 6.54 Å². The summed E-state index contributed by atoms with van der Waals surface area (Å²) >= 11 is 9.08. The first-order chi connectivity index (χ1) is 8.94. The highest BCUT2D eigenvalue weighted by Crippen LogP contribution is 2.33. The molecule has 1 heterocycles. The van der Waals surface area contributed by atoms with Gasteiger partial charge in [0.2, 0.25) is 0 Å². The van der Waals surface area contributed by atoms with E-state index >= 15 is 0 Å². The summed E-state index contributed by atoms with van der Waals surface area (Å²) in [4.78, 5) is 5.32. The summed E-state index contributed by atoms with van der Waals surface area (Å²) in [5, 5.41) is 4.23. The lowest BCUT2D eigenvalue weighted by atomic mass is 10.1. The Kier molecular flexibility index (Phi) is 4.84. The second-order valence-corrected chi connectivity index (χ2v) is 7.67. The van der Waals surface area contributed by atoms with Crippen molar-refractivity contribution in [3.8, 4) is 0 Å². The van der Waals surface area contributed by atoms with Crippen molar-refractivity contribution in [2.75, 3.05) is 0 Å². The first-order valence-electron chi connectivity index (χ1n) is 5.92. The molecule has 0 aliphatic heterocycles. The Morgan fingerprint density at radius 3 is 2.79 bits per heavy atom. The summed E-state index contributed by atoms with van der Waals surface area (Å²) < 4.78 is 4.95. The van der Waals surface area contributed by atoms with E-state index in [-0.39, 0.29) is 5.54 Å². The van der Waals surface area contributed by atoms with Gasteiger partial charge < -0.3 is 5.32 Å². The van der Waals surface area contributed by atoms with Crippen molar-refractivity contribution < 1.29 is 0 Å². The number of hydrogen-bond acceptors (Lipinski definition) is 5. The van der Waals surface area contributed by atoms with Crippen LogP contribution in [0, 0.1) is 0 Å². The Labute approximate surface area is 127 Å². The summed E-state index contributed by atoms with van der Waals surface area (Å²) in [5.74, 6) is 0. The predicted molar refractivity (Wildman–Crippen MR) is 82.1 cm³/mol. The maximum absolute atomic E-state index is 6.08. The average Bonchev–Trinajstić information content (AvgIpc) is 2.79. The largest absolute Gasteiger partial charge is 0.308 e. The van der Waals surface area contributed by atoms with Crippen LogP contribution in [0.25, 0.3) is 0 Å². The lowest BCUT2D eigenvalue weighted by Crippen LogP contribution is -2.35. The SMILES string of the molecule is CC(C)(C)NCc1ccc(Cl)cc1Sc1ncns1. The van der Waals surface area contributed by atoms with Crippen LogP contribution in [0.15, 0.2) is 33.8 Å². The molecule has 2 rings (SSSR count). The second kappa shape index (κ2) is 6.22. The number of aromatic nitrogens is 2. The van der Waals surface area contributed by atoms with E-state index in [1.807, 2.05) is 12.1 Å². The monoisotopic (exact) mass is 313 g/mol. The van der Waals surface area contributed by atoms with E-state index in [1.165, 1.54) is 17.1 Å². The van der Waals surface area contributed by atoms with Gasteiger partial charge in [0.25, 0.3) is 0 Å². The molecule has 0 bridgehead atoms. The van der Waals surface area contributed by atoms with E-state index in [4.69, 9.17) is 11.6 Å². The van der Waals surface area contributed by atoms with Gasteiger partial charge in [0.05, 0.1) is 0 Å². The first kappa shape index (κ1) is 14.8. The number of benzene rings is 1. The van der Waals surface area contributed by atoms with Crippen LogP contribution in [0.4, 0.5) is 0 Å². The summed E-state index contributed by atoms with van der Waals surface area (Å²) in [6.45, 7) is 7.27. The van der Waals surface area contributed by atoms with Crippen molar-refractivity contribution >= 4 is 34.9 Å². The molecule has 0 unspecified atom stereocenters. The van der Waals surface area contributed by atoms with Gasteiger partial charge in [-0.2, -0.15) is 4.37 Å². The van der Waals surface area contributed by atoms with E-state index in [1.54, 1.807) is 18.1 Å². The van der Waals surface area contributed by atoms with Crippen LogP contribution in [0.3, 0.4) is 0 Å². The summed E-state index contributed by atoms with van der Waals surface area (Å²) in [6, 6.07) is 5.96. The highest BCUT2D eigenvalue weighted by atomic mass is 35.5. The Bertz CT molecular complexity index is 535. The van der Waals surface area contributed by atoms with Gasteiger partial charge in [-0.3, -0.25) is 0 Å². The van der Waals surface area contributed by atoms with Crippen LogP contribution in [0.2, 0.25) is 5.02 Å². The average molecular weight is 314 g/mol. The third kappa shape index (κ3) is 4.76. The standard InChI is InChI=1S/C13H16ClN3S2/c1-13(2,3)16-7-9-4-5-10(14)6-11(9)18-12-15-8-17-19-12/h4-6,8,16H,7H2,1-3H3. The summed E-state index contributed by atoms with van der Waals surface area (Å²) in [7, 11) is 0. The van der Waals surface area contributed by atoms with Crippen molar-refractivity contribution in [1.29, 1.82) is 0 Å². The lowest BCUT2D eigenvalue weighted by Gasteiger charge is -2.21. The van der Waals surface area contributed by atoms with Gasteiger partial charge in [-0.05, 0) is 50.0 Å². The Morgan fingerprint density at radius 2 is 2.16 bits per heavy atom. The third-order valence-electron chi connectivity index (χ3n) is 2.38. The zero-order chi connectivity index (χ0) is 13.9. The van der Waals surface area contributed by atoms with E-state index in [9.17, 15) is 0 Å². The fourth-order valence-electron chi connectivity index (χ4n) is 1.43. The molecular weight excluding hydrogens is 298 g/mol. The topological polar surface area (TPSA) is 37.8 Å². The van der Waals surface area contributed by atoms with Gasteiger partial charge in [-0.15, -0.1) is 0 Å². The molecule has 0 saturated carbocycles. The van der Waals surface area contributed by atoms with E-state index < -0.39 is 0 Å². The minimum Gasteiger partial charge on any atom is -0.308 e. The molecular formula is C13H16ClN3S2. The Morgan fingerprint density at radius 1 is 1.37 bits per heavy atom. The maximum Gasteiger partial charge on any atom is 0.174 e. The van der Waals surface area contributed by atoms with Crippen LogP contribution in [-0.4, -0.2) is 14.9 Å². The molecule has 0 saturated heterocycles. The van der Waals surface area contributed by atoms with Crippen molar-refractivity contribution in [2.45, 2.75) is 42.1 Å². The fraction of sp³-hybridized carbons (Fsp3) is 0.385.